The lowest BCUT2D eigenvalue weighted by atomic mass is 9.86. The molecule has 0 aromatic heterocycles. The van der Waals surface area contributed by atoms with Gasteiger partial charge in [0.15, 0.2) is 0 Å². The van der Waals surface area contributed by atoms with Crippen molar-refractivity contribution < 1.29 is 19.7 Å². The molecule has 6 heteroatoms. The summed E-state index contributed by atoms with van der Waals surface area (Å²) >= 11 is 5.94. The van der Waals surface area contributed by atoms with Crippen molar-refractivity contribution >= 4 is 17.6 Å². The van der Waals surface area contributed by atoms with Gasteiger partial charge in [-0.1, -0.05) is 48.0 Å². The summed E-state index contributed by atoms with van der Waals surface area (Å²) in [5.74, 6) is -0.615. The predicted molar refractivity (Wildman–Crippen MR) is 135 cm³/mol. The third-order valence-corrected chi connectivity index (χ3v) is 6.45. The summed E-state index contributed by atoms with van der Waals surface area (Å²) in [6.07, 6.45) is 2.16. The quantitative estimate of drug-likeness (QED) is 0.388. The number of carbonyl (C=O) groups is 1. The first kappa shape index (κ1) is 24.3. The zero-order valence-electron chi connectivity index (χ0n) is 19.4. The number of nitrogens with one attached hydrogen (secondary N) is 1. The van der Waals surface area contributed by atoms with Crippen LogP contribution in [0.2, 0.25) is 5.02 Å². The lowest BCUT2D eigenvalue weighted by Crippen LogP contribution is -2.37. The lowest BCUT2D eigenvalue weighted by molar-refractivity contribution is 0.0690. The number of aliphatic hydroxyl groups excluding tert-OH is 1. The maximum Gasteiger partial charge on any atom is 0.339 e. The standard InChI is InChI=1S/C28H30ClNO4/c1-17(2)34-27-15-21(8-12-25(27)28(32)33)20-4-3-18-7-11-24(14-22(18)13-20)30-16-26(31)19-5-9-23(29)10-6-19/h3-6,8-10,12-13,15,17,24,26,30-31H,7,11,14,16H2,1-2H3,(H,32,33)/t24-,26+/m0/s1. The van der Waals surface area contributed by atoms with Crippen molar-refractivity contribution in [2.24, 2.45) is 0 Å². The number of halogens is 1. The van der Waals surface area contributed by atoms with Crippen LogP contribution < -0.4 is 10.1 Å². The molecule has 1 aliphatic rings. The van der Waals surface area contributed by atoms with E-state index in [0.29, 0.717) is 17.3 Å². The van der Waals surface area contributed by atoms with Crippen molar-refractivity contribution in [1.29, 1.82) is 0 Å². The van der Waals surface area contributed by atoms with Crippen molar-refractivity contribution in [2.75, 3.05) is 6.54 Å². The van der Waals surface area contributed by atoms with Crippen LogP contribution in [0, 0.1) is 0 Å². The third-order valence-electron chi connectivity index (χ3n) is 6.20. The first-order valence-corrected chi connectivity index (χ1v) is 12.0. The number of rotatable bonds is 8. The number of hydrogen-bond donors (Lipinski definition) is 3. The summed E-state index contributed by atoms with van der Waals surface area (Å²) in [5.41, 5.74) is 5.58. The topological polar surface area (TPSA) is 78.8 Å². The van der Waals surface area contributed by atoms with Gasteiger partial charge in [0.25, 0.3) is 0 Å². The zero-order valence-corrected chi connectivity index (χ0v) is 20.2. The Bertz CT molecular complexity index is 1160. The van der Waals surface area contributed by atoms with Crippen LogP contribution in [0.1, 0.15) is 53.4 Å². The summed E-state index contributed by atoms with van der Waals surface area (Å²) in [6.45, 7) is 4.25. The normalized spacial score (nSPS) is 16.2. The number of ether oxygens (including phenoxy) is 1. The average Bonchev–Trinajstić information content (AvgIpc) is 2.82. The molecule has 0 spiro atoms. The van der Waals surface area contributed by atoms with Gasteiger partial charge in [-0.15, -0.1) is 0 Å². The van der Waals surface area contributed by atoms with Gasteiger partial charge in [-0.05, 0) is 85.2 Å². The molecule has 3 aromatic rings. The molecule has 0 radical (unpaired) electrons. The minimum absolute atomic E-state index is 0.119. The van der Waals surface area contributed by atoms with E-state index in [-0.39, 0.29) is 17.7 Å². The minimum atomic E-state index is -0.998. The van der Waals surface area contributed by atoms with Gasteiger partial charge < -0.3 is 20.3 Å². The van der Waals surface area contributed by atoms with Crippen LogP contribution in [-0.4, -0.2) is 34.9 Å². The van der Waals surface area contributed by atoms with Crippen LogP contribution in [-0.2, 0) is 12.8 Å². The highest BCUT2D eigenvalue weighted by atomic mass is 35.5. The SMILES string of the molecule is CC(C)Oc1cc(-c2ccc3c(c2)C[C@@H](NC[C@@H](O)c2ccc(Cl)cc2)CC3)ccc1C(=O)O. The van der Waals surface area contributed by atoms with Crippen molar-refractivity contribution in [3.8, 4) is 16.9 Å². The average molecular weight is 480 g/mol. The van der Waals surface area contributed by atoms with Gasteiger partial charge in [0, 0.05) is 17.6 Å². The molecule has 2 atom stereocenters. The smallest absolute Gasteiger partial charge is 0.339 e. The molecule has 178 valence electrons. The molecule has 0 fully saturated rings. The minimum Gasteiger partial charge on any atom is -0.490 e. The Morgan fingerprint density at radius 1 is 1.06 bits per heavy atom. The van der Waals surface area contributed by atoms with Crippen molar-refractivity contribution in [2.45, 2.75) is 51.4 Å². The van der Waals surface area contributed by atoms with E-state index in [0.717, 1.165) is 36.0 Å². The second-order valence-corrected chi connectivity index (χ2v) is 9.52. The summed E-state index contributed by atoms with van der Waals surface area (Å²) < 4.78 is 5.77. The van der Waals surface area contributed by atoms with Crippen molar-refractivity contribution in [3.05, 3.63) is 87.9 Å². The second kappa shape index (κ2) is 10.6. The molecule has 4 rings (SSSR count). The van der Waals surface area contributed by atoms with Gasteiger partial charge in [-0.25, -0.2) is 4.79 Å². The Balaban J connectivity index is 1.48. The molecule has 0 bridgehead atoms. The summed E-state index contributed by atoms with van der Waals surface area (Å²) in [4.78, 5) is 11.6. The Morgan fingerprint density at radius 2 is 1.76 bits per heavy atom. The molecular weight excluding hydrogens is 450 g/mol. The number of hydrogen-bond acceptors (Lipinski definition) is 4. The zero-order chi connectivity index (χ0) is 24.2. The van der Waals surface area contributed by atoms with Gasteiger partial charge in [0.05, 0.1) is 12.2 Å². The molecule has 34 heavy (non-hydrogen) atoms. The number of aryl methyl sites for hydroxylation is 1. The fraction of sp³-hybridized carbons (Fsp3) is 0.321. The summed E-state index contributed by atoms with van der Waals surface area (Å²) in [7, 11) is 0. The lowest BCUT2D eigenvalue weighted by Gasteiger charge is -2.27. The van der Waals surface area contributed by atoms with Crippen molar-refractivity contribution in [1.82, 2.24) is 5.32 Å². The van der Waals surface area contributed by atoms with Crippen LogP contribution in [0.5, 0.6) is 5.75 Å². The third kappa shape index (κ3) is 5.79. The number of carboxylic acid groups (broad SMARTS) is 1. The van der Waals surface area contributed by atoms with Gasteiger partial charge in [-0.3, -0.25) is 0 Å². The van der Waals surface area contributed by atoms with E-state index in [1.165, 1.54) is 11.1 Å². The van der Waals surface area contributed by atoms with Crippen LogP contribution >= 0.6 is 11.6 Å². The molecule has 5 nitrogen and oxygen atoms in total. The van der Waals surface area contributed by atoms with E-state index in [2.05, 4.69) is 23.5 Å². The predicted octanol–water partition coefficient (Wildman–Crippen LogP) is 5.67. The van der Waals surface area contributed by atoms with Gasteiger partial charge in [-0.2, -0.15) is 0 Å². The number of carboxylic acids is 1. The van der Waals surface area contributed by atoms with E-state index >= 15 is 0 Å². The van der Waals surface area contributed by atoms with Crippen LogP contribution in [0.3, 0.4) is 0 Å². The number of aliphatic hydroxyl groups is 1. The Labute approximate surface area is 205 Å². The fourth-order valence-corrected chi connectivity index (χ4v) is 4.55. The Kier molecular flexibility index (Phi) is 7.57. The van der Waals surface area contributed by atoms with E-state index in [1.807, 2.05) is 38.1 Å². The molecule has 0 unspecified atom stereocenters. The molecule has 0 amide bonds. The van der Waals surface area contributed by atoms with Crippen LogP contribution in [0.4, 0.5) is 0 Å². The number of benzene rings is 3. The maximum absolute atomic E-state index is 11.6. The highest BCUT2D eigenvalue weighted by Crippen LogP contribution is 2.32. The summed E-state index contributed by atoms with van der Waals surface area (Å²) in [6, 6.07) is 19.3. The number of aromatic carboxylic acids is 1. The highest BCUT2D eigenvalue weighted by Gasteiger charge is 2.21. The van der Waals surface area contributed by atoms with E-state index in [1.54, 1.807) is 18.2 Å². The molecule has 3 aromatic carbocycles. The molecule has 0 saturated carbocycles. The van der Waals surface area contributed by atoms with Gasteiger partial charge >= 0.3 is 5.97 Å². The highest BCUT2D eigenvalue weighted by molar-refractivity contribution is 6.30. The largest absolute Gasteiger partial charge is 0.490 e. The maximum atomic E-state index is 11.6. The van der Waals surface area contributed by atoms with E-state index < -0.39 is 12.1 Å². The Hall–Kier alpha value is -2.86. The van der Waals surface area contributed by atoms with Crippen LogP contribution in [0.15, 0.2) is 60.7 Å². The molecule has 1 aliphatic carbocycles. The van der Waals surface area contributed by atoms with Crippen LogP contribution in [0.25, 0.3) is 11.1 Å². The monoisotopic (exact) mass is 479 g/mol. The van der Waals surface area contributed by atoms with Crippen molar-refractivity contribution in [3.63, 3.8) is 0 Å². The fourth-order valence-electron chi connectivity index (χ4n) is 4.42. The molecule has 0 heterocycles. The molecule has 0 aliphatic heterocycles. The first-order chi connectivity index (χ1) is 16.3. The Morgan fingerprint density at radius 3 is 2.47 bits per heavy atom. The molecular formula is C28H30ClNO4. The molecule has 0 saturated heterocycles. The molecule has 3 N–H and O–H groups in total. The van der Waals surface area contributed by atoms with Gasteiger partial charge in [0.2, 0.25) is 0 Å². The van der Waals surface area contributed by atoms with E-state index in [9.17, 15) is 15.0 Å². The second-order valence-electron chi connectivity index (χ2n) is 9.08. The first-order valence-electron chi connectivity index (χ1n) is 11.6. The number of fused-ring (bicyclic) bond motifs is 1. The van der Waals surface area contributed by atoms with Gasteiger partial charge in [0.1, 0.15) is 11.3 Å². The summed E-state index contributed by atoms with van der Waals surface area (Å²) in [5, 5.41) is 24.2. The van der Waals surface area contributed by atoms with E-state index in [4.69, 9.17) is 16.3 Å².